The first kappa shape index (κ1) is 17.3. The summed E-state index contributed by atoms with van der Waals surface area (Å²) in [5, 5.41) is 11.2. The molecular formula is C18H17Cl2N3S. The molecule has 0 aliphatic carbocycles. The Bertz CT molecular complexity index is 815. The van der Waals surface area contributed by atoms with Crippen LogP contribution in [0.25, 0.3) is 0 Å². The van der Waals surface area contributed by atoms with Crippen molar-refractivity contribution in [1.82, 2.24) is 14.8 Å². The zero-order valence-corrected chi connectivity index (χ0v) is 15.6. The molecule has 0 atom stereocenters. The van der Waals surface area contributed by atoms with Gasteiger partial charge >= 0.3 is 0 Å². The Labute approximate surface area is 156 Å². The smallest absolute Gasteiger partial charge is 0.191 e. The summed E-state index contributed by atoms with van der Waals surface area (Å²) in [6.07, 6.45) is 0.741. The standard InChI is InChI=1S/C18H17Cl2N3S/c1-2-23-17(11-13-7-9-15(19)10-8-13)21-22-18(23)24-12-14-5-3-4-6-16(14)20/h3-10H,2,11-12H2,1H3. The lowest BCUT2D eigenvalue weighted by Crippen LogP contribution is -2.04. The van der Waals surface area contributed by atoms with Gasteiger partial charge in [-0.2, -0.15) is 0 Å². The SMILES string of the molecule is CCn1c(Cc2ccc(Cl)cc2)nnc1SCc1ccccc1Cl. The van der Waals surface area contributed by atoms with Gasteiger partial charge in [-0.3, -0.25) is 0 Å². The quantitative estimate of drug-likeness (QED) is 0.532. The van der Waals surface area contributed by atoms with Crippen molar-refractivity contribution in [1.29, 1.82) is 0 Å². The number of aromatic nitrogens is 3. The number of rotatable bonds is 6. The van der Waals surface area contributed by atoms with Gasteiger partial charge in [0.1, 0.15) is 5.82 Å². The summed E-state index contributed by atoms with van der Waals surface area (Å²) in [5.74, 6) is 1.74. The molecule has 6 heteroatoms. The molecule has 0 fully saturated rings. The van der Waals surface area contributed by atoms with E-state index < -0.39 is 0 Å². The van der Waals surface area contributed by atoms with E-state index in [2.05, 4.69) is 21.7 Å². The zero-order chi connectivity index (χ0) is 16.9. The van der Waals surface area contributed by atoms with E-state index in [0.29, 0.717) is 0 Å². The van der Waals surface area contributed by atoms with Crippen LogP contribution in [0.5, 0.6) is 0 Å². The normalized spacial score (nSPS) is 11.0. The highest BCUT2D eigenvalue weighted by atomic mass is 35.5. The first-order valence-corrected chi connectivity index (χ1v) is 9.44. The van der Waals surface area contributed by atoms with Gasteiger partial charge in [0.2, 0.25) is 0 Å². The molecule has 24 heavy (non-hydrogen) atoms. The van der Waals surface area contributed by atoms with E-state index in [1.54, 1.807) is 11.8 Å². The van der Waals surface area contributed by atoms with E-state index in [0.717, 1.165) is 45.3 Å². The van der Waals surface area contributed by atoms with Crippen LogP contribution < -0.4 is 0 Å². The Hall–Kier alpha value is -1.49. The molecule has 1 heterocycles. The average Bonchev–Trinajstić information content (AvgIpc) is 2.98. The highest BCUT2D eigenvalue weighted by molar-refractivity contribution is 7.98. The second kappa shape index (κ2) is 8.06. The molecule has 3 aromatic rings. The molecule has 0 unspecified atom stereocenters. The van der Waals surface area contributed by atoms with E-state index in [-0.39, 0.29) is 0 Å². The Balaban J connectivity index is 1.74. The fraction of sp³-hybridized carbons (Fsp3) is 0.222. The molecule has 0 aliphatic rings. The molecule has 3 nitrogen and oxygen atoms in total. The molecule has 0 N–H and O–H groups in total. The maximum atomic E-state index is 6.22. The summed E-state index contributed by atoms with van der Waals surface area (Å²) in [5.41, 5.74) is 2.28. The summed E-state index contributed by atoms with van der Waals surface area (Å²) in [6, 6.07) is 15.7. The highest BCUT2D eigenvalue weighted by Crippen LogP contribution is 2.26. The third-order valence-corrected chi connectivity index (χ3v) is 5.34. The van der Waals surface area contributed by atoms with E-state index in [4.69, 9.17) is 23.2 Å². The van der Waals surface area contributed by atoms with Crippen molar-refractivity contribution in [3.63, 3.8) is 0 Å². The fourth-order valence-corrected chi connectivity index (χ4v) is 3.85. The van der Waals surface area contributed by atoms with E-state index in [1.807, 2.05) is 48.5 Å². The second-order valence-electron chi connectivity index (χ2n) is 5.33. The van der Waals surface area contributed by atoms with Gasteiger partial charge in [-0.1, -0.05) is 65.3 Å². The summed E-state index contributed by atoms with van der Waals surface area (Å²) < 4.78 is 2.15. The van der Waals surface area contributed by atoms with Crippen LogP contribution in [0.2, 0.25) is 10.0 Å². The minimum absolute atomic E-state index is 0.741. The van der Waals surface area contributed by atoms with Gasteiger partial charge in [0.25, 0.3) is 0 Å². The van der Waals surface area contributed by atoms with Crippen molar-refractivity contribution in [3.05, 3.63) is 75.5 Å². The van der Waals surface area contributed by atoms with E-state index in [1.165, 1.54) is 5.56 Å². The largest absolute Gasteiger partial charge is 0.306 e. The van der Waals surface area contributed by atoms with Gasteiger partial charge in [0, 0.05) is 28.8 Å². The summed E-state index contributed by atoms with van der Waals surface area (Å²) in [4.78, 5) is 0. The molecule has 1 aromatic heterocycles. The number of hydrogen-bond acceptors (Lipinski definition) is 3. The van der Waals surface area contributed by atoms with Crippen LogP contribution in [0.3, 0.4) is 0 Å². The third kappa shape index (κ3) is 4.12. The van der Waals surface area contributed by atoms with Gasteiger partial charge < -0.3 is 4.57 Å². The van der Waals surface area contributed by atoms with Gasteiger partial charge in [0.05, 0.1) is 0 Å². The van der Waals surface area contributed by atoms with Crippen molar-refractivity contribution in [2.24, 2.45) is 0 Å². The number of nitrogens with zero attached hydrogens (tertiary/aromatic N) is 3. The van der Waals surface area contributed by atoms with Crippen molar-refractivity contribution in [2.75, 3.05) is 0 Å². The maximum absolute atomic E-state index is 6.22. The summed E-state index contributed by atoms with van der Waals surface area (Å²) >= 11 is 13.8. The van der Waals surface area contributed by atoms with Crippen molar-refractivity contribution in [2.45, 2.75) is 30.8 Å². The lowest BCUT2D eigenvalue weighted by molar-refractivity contribution is 0.651. The average molecular weight is 378 g/mol. The highest BCUT2D eigenvalue weighted by Gasteiger charge is 2.12. The lowest BCUT2D eigenvalue weighted by atomic mass is 10.1. The lowest BCUT2D eigenvalue weighted by Gasteiger charge is -2.08. The number of benzene rings is 2. The first-order chi connectivity index (χ1) is 11.7. The summed E-state index contributed by atoms with van der Waals surface area (Å²) in [7, 11) is 0. The van der Waals surface area contributed by atoms with Crippen LogP contribution in [0.4, 0.5) is 0 Å². The molecule has 2 aromatic carbocycles. The molecule has 0 amide bonds. The number of halogens is 2. The maximum Gasteiger partial charge on any atom is 0.191 e. The Morgan fingerprint density at radius 1 is 1.00 bits per heavy atom. The fourth-order valence-electron chi connectivity index (χ4n) is 2.42. The van der Waals surface area contributed by atoms with E-state index in [9.17, 15) is 0 Å². The molecule has 0 bridgehead atoms. The van der Waals surface area contributed by atoms with Crippen LogP contribution in [0.1, 0.15) is 23.9 Å². The Morgan fingerprint density at radius 2 is 1.75 bits per heavy atom. The zero-order valence-electron chi connectivity index (χ0n) is 13.2. The second-order valence-corrected chi connectivity index (χ2v) is 7.11. The molecule has 0 saturated carbocycles. The van der Waals surface area contributed by atoms with Crippen LogP contribution >= 0.6 is 35.0 Å². The van der Waals surface area contributed by atoms with Gasteiger partial charge in [-0.25, -0.2) is 0 Å². The number of hydrogen-bond donors (Lipinski definition) is 0. The molecular weight excluding hydrogens is 361 g/mol. The third-order valence-electron chi connectivity index (χ3n) is 3.70. The van der Waals surface area contributed by atoms with Crippen LogP contribution in [0.15, 0.2) is 53.7 Å². The first-order valence-electron chi connectivity index (χ1n) is 7.70. The molecule has 3 rings (SSSR count). The van der Waals surface area contributed by atoms with Gasteiger partial charge in [0.15, 0.2) is 5.16 Å². The predicted octanol–water partition coefficient (Wildman–Crippen LogP) is 5.49. The Morgan fingerprint density at radius 3 is 2.46 bits per heavy atom. The van der Waals surface area contributed by atoms with Gasteiger partial charge in [-0.15, -0.1) is 10.2 Å². The van der Waals surface area contributed by atoms with Crippen LogP contribution in [-0.2, 0) is 18.7 Å². The predicted molar refractivity (Wildman–Crippen MR) is 101 cm³/mol. The van der Waals surface area contributed by atoms with Crippen LogP contribution in [-0.4, -0.2) is 14.8 Å². The van der Waals surface area contributed by atoms with Crippen molar-refractivity contribution < 1.29 is 0 Å². The Kier molecular flexibility index (Phi) is 5.82. The molecule has 0 aliphatic heterocycles. The topological polar surface area (TPSA) is 30.7 Å². The minimum atomic E-state index is 0.741. The van der Waals surface area contributed by atoms with Crippen molar-refractivity contribution in [3.8, 4) is 0 Å². The number of thioether (sulfide) groups is 1. The molecule has 0 spiro atoms. The van der Waals surface area contributed by atoms with E-state index >= 15 is 0 Å². The van der Waals surface area contributed by atoms with Crippen molar-refractivity contribution >= 4 is 35.0 Å². The minimum Gasteiger partial charge on any atom is -0.306 e. The monoisotopic (exact) mass is 377 g/mol. The summed E-state index contributed by atoms with van der Waals surface area (Å²) in [6.45, 7) is 2.94. The molecule has 0 saturated heterocycles. The van der Waals surface area contributed by atoms with Crippen LogP contribution in [0, 0.1) is 0 Å². The molecule has 0 radical (unpaired) electrons. The molecule has 124 valence electrons. The van der Waals surface area contributed by atoms with Gasteiger partial charge in [-0.05, 0) is 36.2 Å².